The molecule has 1 heterocycles. The Bertz CT molecular complexity index is 355. The molecule has 0 amide bonds. The molecule has 3 fully saturated rings. The molecule has 1 aliphatic heterocycles. The van der Waals surface area contributed by atoms with Gasteiger partial charge in [0.05, 0.1) is 19.3 Å². The Kier molecular flexibility index (Phi) is 4.21. The van der Waals surface area contributed by atoms with Gasteiger partial charge in [0, 0.05) is 23.5 Å². The van der Waals surface area contributed by atoms with Crippen molar-refractivity contribution in [1.82, 2.24) is 0 Å². The molecule has 3 aliphatic rings. The quantitative estimate of drug-likeness (QED) is 0.863. The predicted molar refractivity (Wildman–Crippen MR) is 80.3 cm³/mol. The van der Waals surface area contributed by atoms with Crippen LogP contribution in [0.1, 0.15) is 12.8 Å². The fraction of sp³-hybridized carbons (Fsp3) is 0.857. The summed E-state index contributed by atoms with van der Waals surface area (Å²) >= 11 is 3.56. The molecule has 2 aliphatic carbocycles. The van der Waals surface area contributed by atoms with Crippen LogP contribution in [0.25, 0.3) is 0 Å². The fourth-order valence-corrected chi connectivity index (χ4v) is 5.39. The lowest BCUT2D eigenvalue weighted by atomic mass is 9.66. The number of fused-ring (bicyclic) bond motifs is 2. The number of hydrogen-bond donors (Lipinski definition) is 1. The Morgan fingerprint density at radius 3 is 2.68 bits per heavy atom. The van der Waals surface area contributed by atoms with Crippen LogP contribution in [0, 0.1) is 17.8 Å². The van der Waals surface area contributed by atoms with E-state index in [9.17, 15) is 5.11 Å². The predicted octanol–water partition coefficient (Wildman–Crippen LogP) is 2.35. The summed E-state index contributed by atoms with van der Waals surface area (Å²) in [4.78, 5) is 0. The largest absolute Gasteiger partial charge is 0.393 e. The van der Waals surface area contributed by atoms with Crippen LogP contribution < -0.4 is 0 Å². The van der Waals surface area contributed by atoms with E-state index < -0.39 is 0 Å². The van der Waals surface area contributed by atoms with Gasteiger partial charge in [0.15, 0.2) is 5.79 Å². The van der Waals surface area contributed by atoms with Crippen LogP contribution in [0.4, 0.5) is 0 Å². The summed E-state index contributed by atoms with van der Waals surface area (Å²) in [6.07, 6.45) is 8.02. The second-order valence-corrected chi connectivity index (χ2v) is 7.39. The molecule has 5 heteroatoms. The molecule has 19 heavy (non-hydrogen) atoms. The summed E-state index contributed by atoms with van der Waals surface area (Å²) in [5.41, 5.74) is 0. The van der Waals surface area contributed by atoms with Gasteiger partial charge in [0.2, 0.25) is 0 Å². The topological polar surface area (TPSA) is 38.7 Å². The zero-order valence-corrected chi connectivity index (χ0v) is 13.1. The standard InChI is InChI=1S/C14H22O3S2/c1-18-6-3-12(19-2)13-9-8-14(16-4-5-17-14)10(9)7-11(13)15/h3,6,9-13,15H,4-5,7-8H2,1-2H3/t9-,10-,11+,12?,13+/m1/s1. The molecule has 2 saturated carbocycles. The van der Waals surface area contributed by atoms with Crippen LogP contribution in [-0.4, -0.2) is 48.0 Å². The van der Waals surface area contributed by atoms with Crippen LogP contribution in [0.5, 0.6) is 0 Å². The third-order valence-electron chi connectivity index (χ3n) is 4.87. The monoisotopic (exact) mass is 302 g/mol. The Morgan fingerprint density at radius 1 is 1.32 bits per heavy atom. The van der Waals surface area contributed by atoms with E-state index >= 15 is 0 Å². The summed E-state index contributed by atoms with van der Waals surface area (Å²) < 4.78 is 11.6. The summed E-state index contributed by atoms with van der Waals surface area (Å²) in [6.45, 7) is 1.42. The normalized spacial score (nSPS) is 41.6. The average molecular weight is 302 g/mol. The maximum atomic E-state index is 10.4. The van der Waals surface area contributed by atoms with E-state index in [2.05, 4.69) is 24.0 Å². The maximum absolute atomic E-state index is 10.4. The van der Waals surface area contributed by atoms with Gasteiger partial charge in [-0.25, -0.2) is 0 Å². The van der Waals surface area contributed by atoms with Gasteiger partial charge in [-0.15, -0.1) is 11.8 Å². The third-order valence-corrected chi connectivity index (χ3v) is 6.31. The van der Waals surface area contributed by atoms with Crippen molar-refractivity contribution in [3.8, 4) is 0 Å². The molecule has 0 bridgehead atoms. The lowest BCUT2D eigenvalue weighted by Gasteiger charge is -2.50. The Balaban J connectivity index is 1.72. The van der Waals surface area contributed by atoms with Crippen molar-refractivity contribution in [2.75, 3.05) is 25.7 Å². The van der Waals surface area contributed by atoms with Gasteiger partial charge in [-0.3, -0.25) is 0 Å². The Hall–Kier alpha value is 0.320. The first-order chi connectivity index (χ1) is 9.22. The minimum Gasteiger partial charge on any atom is -0.393 e. The van der Waals surface area contributed by atoms with Gasteiger partial charge in [-0.2, -0.15) is 11.8 Å². The highest BCUT2D eigenvalue weighted by atomic mass is 32.2. The molecule has 1 N–H and O–H groups in total. The molecule has 0 aromatic carbocycles. The van der Waals surface area contributed by atoms with E-state index in [-0.39, 0.29) is 11.9 Å². The van der Waals surface area contributed by atoms with Crippen molar-refractivity contribution in [2.45, 2.75) is 30.0 Å². The van der Waals surface area contributed by atoms with E-state index in [1.165, 1.54) is 0 Å². The maximum Gasteiger partial charge on any atom is 0.171 e. The van der Waals surface area contributed by atoms with Crippen molar-refractivity contribution >= 4 is 23.5 Å². The zero-order chi connectivity index (χ0) is 13.5. The molecular formula is C14H22O3S2. The van der Waals surface area contributed by atoms with Crippen LogP contribution in [0.2, 0.25) is 0 Å². The average Bonchev–Trinajstić information content (AvgIpc) is 2.98. The molecule has 3 nitrogen and oxygen atoms in total. The first kappa shape index (κ1) is 14.3. The molecule has 3 rings (SSSR count). The first-order valence-electron chi connectivity index (χ1n) is 6.90. The Labute approximate surface area is 123 Å². The summed E-state index contributed by atoms with van der Waals surface area (Å²) in [6, 6.07) is 0. The Morgan fingerprint density at radius 2 is 2.05 bits per heavy atom. The van der Waals surface area contributed by atoms with Gasteiger partial charge in [-0.1, -0.05) is 6.08 Å². The molecule has 1 saturated heterocycles. The highest BCUT2D eigenvalue weighted by Gasteiger charge is 2.65. The summed E-state index contributed by atoms with van der Waals surface area (Å²) in [7, 11) is 0. The van der Waals surface area contributed by atoms with Gasteiger partial charge in [0.1, 0.15) is 0 Å². The van der Waals surface area contributed by atoms with Gasteiger partial charge < -0.3 is 14.6 Å². The molecule has 1 spiro atoms. The molecular weight excluding hydrogens is 280 g/mol. The number of thioether (sulfide) groups is 2. The van der Waals surface area contributed by atoms with E-state index in [0.29, 0.717) is 36.2 Å². The molecule has 0 aromatic rings. The highest BCUT2D eigenvalue weighted by molar-refractivity contribution is 8.01. The number of aliphatic hydroxyl groups is 1. The molecule has 5 atom stereocenters. The molecule has 1 unspecified atom stereocenters. The van der Waals surface area contributed by atoms with Crippen LogP contribution in [0.3, 0.4) is 0 Å². The van der Waals surface area contributed by atoms with Gasteiger partial charge in [-0.05, 0) is 30.3 Å². The second-order valence-electron chi connectivity index (χ2n) is 5.63. The molecule has 0 aromatic heterocycles. The number of rotatable bonds is 4. The van der Waals surface area contributed by atoms with E-state index in [0.717, 1.165) is 12.8 Å². The van der Waals surface area contributed by atoms with Gasteiger partial charge in [0.25, 0.3) is 0 Å². The van der Waals surface area contributed by atoms with Crippen LogP contribution in [0.15, 0.2) is 11.5 Å². The fourth-order valence-electron chi connectivity index (χ4n) is 4.03. The minimum absolute atomic E-state index is 0.217. The van der Waals surface area contributed by atoms with E-state index in [4.69, 9.17) is 9.47 Å². The smallest absolute Gasteiger partial charge is 0.171 e. The highest BCUT2D eigenvalue weighted by Crippen LogP contribution is 2.61. The SMILES string of the molecule is CSC=CC(SC)[C@H]1[C@@H]2CC3(OCCO3)[C@@H]2C[C@@H]1O. The van der Waals surface area contributed by atoms with Crippen molar-refractivity contribution in [3.05, 3.63) is 11.5 Å². The van der Waals surface area contributed by atoms with Crippen molar-refractivity contribution in [2.24, 2.45) is 17.8 Å². The lowest BCUT2D eigenvalue weighted by Crippen LogP contribution is -2.54. The van der Waals surface area contributed by atoms with Gasteiger partial charge >= 0.3 is 0 Å². The molecule has 0 radical (unpaired) electrons. The number of ether oxygens (including phenoxy) is 2. The second kappa shape index (κ2) is 5.60. The zero-order valence-electron chi connectivity index (χ0n) is 11.5. The van der Waals surface area contributed by atoms with E-state index in [1.807, 2.05) is 11.8 Å². The van der Waals surface area contributed by atoms with Crippen molar-refractivity contribution in [1.29, 1.82) is 0 Å². The van der Waals surface area contributed by atoms with E-state index in [1.54, 1.807) is 11.8 Å². The van der Waals surface area contributed by atoms with Crippen molar-refractivity contribution in [3.63, 3.8) is 0 Å². The number of aliphatic hydroxyl groups excluding tert-OH is 1. The minimum atomic E-state index is -0.341. The lowest BCUT2D eigenvalue weighted by molar-refractivity contribution is -0.272. The summed E-state index contributed by atoms with van der Waals surface area (Å²) in [5, 5.41) is 13.0. The summed E-state index contributed by atoms with van der Waals surface area (Å²) in [5.74, 6) is 0.957. The van der Waals surface area contributed by atoms with Crippen LogP contribution in [-0.2, 0) is 9.47 Å². The number of hydrogen-bond acceptors (Lipinski definition) is 5. The molecule has 108 valence electrons. The third kappa shape index (κ3) is 2.27. The van der Waals surface area contributed by atoms with Crippen molar-refractivity contribution < 1.29 is 14.6 Å². The van der Waals surface area contributed by atoms with Crippen LogP contribution >= 0.6 is 23.5 Å². The first-order valence-corrected chi connectivity index (χ1v) is 9.47.